The first-order valence-corrected chi connectivity index (χ1v) is 11.1. The third-order valence-corrected chi connectivity index (χ3v) is 6.83. The second kappa shape index (κ2) is 7.09. The van der Waals surface area contributed by atoms with E-state index in [2.05, 4.69) is 76.2 Å². The highest BCUT2D eigenvalue weighted by Gasteiger charge is 2.14. The van der Waals surface area contributed by atoms with E-state index < -0.39 is 0 Å². The fourth-order valence-electron chi connectivity index (χ4n) is 2.90. The average molecular weight is 383 g/mol. The van der Waals surface area contributed by atoms with Gasteiger partial charge in [0.05, 0.1) is 9.79 Å². The second-order valence-corrected chi connectivity index (χ2v) is 9.34. The van der Waals surface area contributed by atoms with Crippen LogP contribution in [-0.2, 0) is 0 Å². The van der Waals surface area contributed by atoms with Crippen molar-refractivity contribution in [3.05, 3.63) is 60.1 Å². The van der Waals surface area contributed by atoms with Crippen LogP contribution < -0.4 is 0 Å². The van der Waals surface area contributed by atoms with Gasteiger partial charge < -0.3 is 8.83 Å². The fraction of sp³-hybridized carbons (Fsp3) is 0.273. The van der Waals surface area contributed by atoms with Crippen LogP contribution in [0.4, 0.5) is 0 Å². The van der Waals surface area contributed by atoms with Crippen LogP contribution in [0.15, 0.2) is 67.2 Å². The molecule has 0 radical (unpaired) electrons. The van der Waals surface area contributed by atoms with Crippen molar-refractivity contribution in [1.82, 2.24) is 0 Å². The Morgan fingerprint density at radius 1 is 0.654 bits per heavy atom. The van der Waals surface area contributed by atoms with Crippen molar-refractivity contribution in [2.45, 2.75) is 49.3 Å². The highest BCUT2D eigenvalue weighted by Crippen LogP contribution is 2.44. The molecule has 4 heteroatoms. The quantitative estimate of drug-likeness (QED) is 0.325. The monoisotopic (exact) mass is 382 g/mol. The van der Waals surface area contributed by atoms with E-state index in [9.17, 15) is 0 Å². The normalized spacial score (nSPS) is 12.1. The molecule has 2 heterocycles. The number of furan rings is 2. The number of hydrogen-bond acceptors (Lipinski definition) is 4. The van der Waals surface area contributed by atoms with Gasteiger partial charge in [-0.15, -0.1) is 0 Å². The summed E-state index contributed by atoms with van der Waals surface area (Å²) in [4.78, 5) is 2.29. The summed E-state index contributed by atoms with van der Waals surface area (Å²) < 4.78 is 12.2. The molecule has 2 aromatic heterocycles. The van der Waals surface area contributed by atoms with Gasteiger partial charge in [0.25, 0.3) is 0 Å². The van der Waals surface area contributed by atoms with Crippen LogP contribution in [0.1, 0.15) is 51.1 Å². The molecular weight excluding hydrogens is 360 g/mol. The van der Waals surface area contributed by atoms with Gasteiger partial charge in [-0.25, -0.2) is 0 Å². The van der Waals surface area contributed by atoms with Crippen molar-refractivity contribution < 1.29 is 8.83 Å². The molecule has 0 saturated heterocycles. The van der Waals surface area contributed by atoms with Crippen molar-refractivity contribution in [3.8, 4) is 0 Å². The molecule has 0 saturated carbocycles. The Hall–Kier alpha value is -1.78. The molecule has 4 rings (SSSR count). The van der Waals surface area contributed by atoms with Gasteiger partial charge in [0.2, 0.25) is 0 Å². The number of para-hydroxylation sites is 2. The van der Waals surface area contributed by atoms with Crippen LogP contribution in [0.25, 0.3) is 21.9 Å². The topological polar surface area (TPSA) is 26.3 Å². The molecule has 0 N–H and O–H groups in total. The third kappa shape index (κ3) is 3.28. The standard InChI is InChI=1S/C22H22O2S2/c1-13(2)17-11-15-7-5-9-19(21(15)23-17)25-26-20-10-6-8-16-12-18(14(3)4)24-22(16)20/h5-14H,1-4H3. The van der Waals surface area contributed by atoms with Gasteiger partial charge in [-0.1, -0.05) is 52.0 Å². The molecule has 0 spiro atoms. The van der Waals surface area contributed by atoms with E-state index in [-0.39, 0.29) is 0 Å². The summed E-state index contributed by atoms with van der Waals surface area (Å²) in [5, 5.41) is 2.33. The SMILES string of the molecule is CC(C)c1cc2cccc(SSc3cccc4cc(C(C)C)oc34)c2o1. The first-order chi connectivity index (χ1) is 12.5. The average Bonchev–Trinajstić information content (AvgIpc) is 3.24. The lowest BCUT2D eigenvalue weighted by molar-refractivity contribution is 0.517. The number of rotatable bonds is 5. The van der Waals surface area contributed by atoms with Crippen LogP contribution in [0.3, 0.4) is 0 Å². The summed E-state index contributed by atoms with van der Waals surface area (Å²) in [6.45, 7) is 8.62. The number of hydrogen-bond donors (Lipinski definition) is 0. The summed E-state index contributed by atoms with van der Waals surface area (Å²) in [6, 6.07) is 17.0. The molecule has 0 fully saturated rings. The van der Waals surface area contributed by atoms with Crippen molar-refractivity contribution in [1.29, 1.82) is 0 Å². The van der Waals surface area contributed by atoms with Crippen molar-refractivity contribution in [2.24, 2.45) is 0 Å². The Morgan fingerprint density at radius 3 is 1.46 bits per heavy atom. The Bertz CT molecular complexity index is 971. The molecule has 134 valence electrons. The summed E-state index contributed by atoms with van der Waals surface area (Å²) >= 11 is 0. The van der Waals surface area contributed by atoms with Crippen molar-refractivity contribution in [2.75, 3.05) is 0 Å². The number of fused-ring (bicyclic) bond motifs is 2. The maximum Gasteiger partial charge on any atom is 0.148 e. The van der Waals surface area contributed by atoms with Crippen LogP contribution in [0.5, 0.6) is 0 Å². The van der Waals surface area contributed by atoms with E-state index in [0.29, 0.717) is 11.8 Å². The van der Waals surface area contributed by atoms with E-state index in [4.69, 9.17) is 8.83 Å². The van der Waals surface area contributed by atoms with Crippen molar-refractivity contribution in [3.63, 3.8) is 0 Å². The molecule has 26 heavy (non-hydrogen) atoms. The van der Waals surface area contributed by atoms with Crippen molar-refractivity contribution >= 4 is 43.5 Å². The molecule has 0 atom stereocenters. The lowest BCUT2D eigenvalue weighted by atomic mass is 10.1. The third-order valence-electron chi connectivity index (χ3n) is 4.41. The molecule has 0 bridgehead atoms. The molecule has 0 amide bonds. The predicted octanol–water partition coefficient (Wildman–Crippen LogP) is 8.23. The van der Waals surface area contributed by atoms with Crippen LogP contribution >= 0.6 is 21.6 Å². The Kier molecular flexibility index (Phi) is 4.80. The van der Waals surface area contributed by atoms with E-state index >= 15 is 0 Å². The molecule has 0 aliphatic heterocycles. The first-order valence-electron chi connectivity index (χ1n) is 8.92. The molecule has 2 nitrogen and oxygen atoms in total. The largest absolute Gasteiger partial charge is 0.460 e. The van der Waals surface area contributed by atoms with E-state index in [1.807, 2.05) is 0 Å². The summed E-state index contributed by atoms with van der Waals surface area (Å²) in [5.41, 5.74) is 1.95. The summed E-state index contributed by atoms with van der Waals surface area (Å²) in [7, 11) is 3.45. The Morgan fingerprint density at radius 2 is 1.08 bits per heavy atom. The van der Waals surface area contributed by atoms with Crippen LogP contribution in [0.2, 0.25) is 0 Å². The minimum Gasteiger partial charge on any atom is -0.460 e. The second-order valence-electron chi connectivity index (χ2n) is 7.12. The zero-order valence-corrected chi connectivity index (χ0v) is 17.0. The van der Waals surface area contributed by atoms with Crippen LogP contribution in [0, 0.1) is 0 Å². The summed E-state index contributed by atoms with van der Waals surface area (Å²) in [6.07, 6.45) is 0. The lowest BCUT2D eigenvalue weighted by Gasteiger charge is -2.03. The molecule has 0 unspecified atom stereocenters. The maximum absolute atomic E-state index is 6.11. The fourth-order valence-corrected chi connectivity index (χ4v) is 5.15. The van der Waals surface area contributed by atoms with Gasteiger partial charge in [-0.3, -0.25) is 0 Å². The van der Waals surface area contributed by atoms with E-state index in [1.165, 1.54) is 0 Å². The minimum absolute atomic E-state index is 0.388. The van der Waals surface area contributed by atoms with Gasteiger partial charge in [-0.05, 0) is 45.9 Å². The minimum atomic E-state index is 0.388. The molecule has 2 aromatic carbocycles. The van der Waals surface area contributed by atoms with Gasteiger partial charge in [0.1, 0.15) is 22.7 Å². The Labute approximate surface area is 161 Å². The summed E-state index contributed by atoms with van der Waals surface area (Å²) in [5.74, 6) is 2.85. The van der Waals surface area contributed by atoms with E-state index in [0.717, 1.165) is 43.2 Å². The molecular formula is C22H22O2S2. The predicted molar refractivity (Wildman–Crippen MR) is 112 cm³/mol. The molecule has 4 aromatic rings. The highest BCUT2D eigenvalue weighted by molar-refractivity contribution is 8.76. The van der Waals surface area contributed by atoms with Gasteiger partial charge >= 0.3 is 0 Å². The lowest BCUT2D eigenvalue weighted by Crippen LogP contribution is -1.80. The molecule has 0 aliphatic carbocycles. The van der Waals surface area contributed by atoms with Gasteiger partial charge in [0.15, 0.2) is 0 Å². The zero-order valence-electron chi connectivity index (χ0n) is 15.4. The number of benzene rings is 2. The first kappa shape index (κ1) is 17.6. The van der Waals surface area contributed by atoms with E-state index in [1.54, 1.807) is 21.6 Å². The van der Waals surface area contributed by atoms with Gasteiger partial charge in [0, 0.05) is 22.6 Å². The van der Waals surface area contributed by atoms with Gasteiger partial charge in [-0.2, -0.15) is 0 Å². The maximum atomic E-state index is 6.11. The highest BCUT2D eigenvalue weighted by atomic mass is 33.1. The Balaban J connectivity index is 1.65. The van der Waals surface area contributed by atoms with Crippen LogP contribution in [-0.4, -0.2) is 0 Å². The smallest absolute Gasteiger partial charge is 0.148 e. The zero-order chi connectivity index (χ0) is 18.3. The molecule has 0 aliphatic rings.